The van der Waals surface area contributed by atoms with Crippen molar-refractivity contribution in [3.05, 3.63) is 88.8 Å². The lowest BCUT2D eigenvalue weighted by Crippen LogP contribution is -2.35. The number of hydrogen-bond acceptors (Lipinski definition) is 3. The predicted octanol–water partition coefficient (Wildman–Crippen LogP) is 3.86. The SMILES string of the molecule is C=C1C(=O)C(NCc2ccc(C)c(C)c2)=C1Nc1ccccc1. The Balaban J connectivity index is 1.75. The maximum Gasteiger partial charge on any atom is 0.212 e. The normalized spacial score (nSPS) is 13.8. The van der Waals surface area contributed by atoms with E-state index in [2.05, 4.69) is 49.3 Å². The Hall–Kier alpha value is -2.81. The fourth-order valence-corrected chi connectivity index (χ4v) is 2.54. The van der Waals surface area contributed by atoms with Gasteiger partial charge in [-0.2, -0.15) is 0 Å². The molecule has 1 aliphatic carbocycles. The molecule has 0 amide bonds. The Kier molecular flexibility index (Phi) is 4.02. The first kappa shape index (κ1) is 15.1. The number of carbonyl (C=O) groups excluding carboxylic acids is 1. The molecule has 2 aromatic rings. The first-order valence-corrected chi connectivity index (χ1v) is 7.66. The van der Waals surface area contributed by atoms with Crippen LogP contribution in [0.25, 0.3) is 0 Å². The van der Waals surface area contributed by atoms with Crippen LogP contribution in [0, 0.1) is 13.8 Å². The highest BCUT2D eigenvalue weighted by Crippen LogP contribution is 2.28. The largest absolute Gasteiger partial charge is 0.376 e. The summed E-state index contributed by atoms with van der Waals surface area (Å²) in [5, 5.41) is 6.50. The number of benzene rings is 2. The van der Waals surface area contributed by atoms with Crippen LogP contribution in [0.3, 0.4) is 0 Å². The highest BCUT2D eigenvalue weighted by Gasteiger charge is 2.32. The van der Waals surface area contributed by atoms with Gasteiger partial charge in [0.25, 0.3) is 0 Å². The van der Waals surface area contributed by atoms with Crippen molar-refractivity contribution >= 4 is 11.5 Å². The van der Waals surface area contributed by atoms with E-state index in [0.717, 1.165) is 16.9 Å². The number of ketones is 1. The molecule has 0 saturated carbocycles. The van der Waals surface area contributed by atoms with E-state index in [1.54, 1.807) is 0 Å². The third-order valence-electron chi connectivity index (χ3n) is 4.14. The summed E-state index contributed by atoms with van der Waals surface area (Å²) in [5.41, 5.74) is 6.54. The maximum absolute atomic E-state index is 12.0. The van der Waals surface area contributed by atoms with Crippen molar-refractivity contribution < 1.29 is 4.79 Å². The summed E-state index contributed by atoms with van der Waals surface area (Å²) in [6.45, 7) is 8.65. The molecular weight excluding hydrogens is 284 g/mol. The molecule has 0 aliphatic heterocycles. The highest BCUT2D eigenvalue weighted by atomic mass is 16.1. The van der Waals surface area contributed by atoms with Gasteiger partial charge in [0.05, 0.1) is 5.70 Å². The standard InChI is InChI=1S/C20H20N2O/c1-13-9-10-16(11-14(13)2)12-21-19-18(15(3)20(19)23)22-17-7-5-4-6-8-17/h4-11,21-22H,3,12H2,1-2H3. The lowest BCUT2D eigenvalue weighted by atomic mass is 9.92. The van der Waals surface area contributed by atoms with Crippen molar-refractivity contribution in [2.24, 2.45) is 0 Å². The Bertz CT molecular complexity index is 804. The first-order chi connectivity index (χ1) is 11.1. The van der Waals surface area contributed by atoms with Gasteiger partial charge >= 0.3 is 0 Å². The van der Waals surface area contributed by atoms with E-state index in [1.165, 1.54) is 11.1 Å². The molecule has 0 fully saturated rings. The number of anilines is 1. The summed E-state index contributed by atoms with van der Waals surface area (Å²) in [6, 6.07) is 16.1. The number of Topliss-reactive ketones (excluding diaryl/α,β-unsaturated/α-hetero) is 1. The van der Waals surface area contributed by atoms with Crippen molar-refractivity contribution in [3.63, 3.8) is 0 Å². The molecule has 0 bridgehead atoms. The minimum atomic E-state index is -0.0211. The molecule has 23 heavy (non-hydrogen) atoms. The second-order valence-electron chi connectivity index (χ2n) is 5.82. The summed E-state index contributed by atoms with van der Waals surface area (Å²) in [7, 11) is 0. The summed E-state index contributed by atoms with van der Waals surface area (Å²) in [6.07, 6.45) is 0. The van der Waals surface area contributed by atoms with Gasteiger partial charge in [-0.25, -0.2) is 0 Å². The molecule has 0 unspecified atom stereocenters. The predicted molar refractivity (Wildman–Crippen MR) is 94.0 cm³/mol. The monoisotopic (exact) mass is 304 g/mol. The highest BCUT2D eigenvalue weighted by molar-refractivity contribution is 6.19. The second-order valence-corrected chi connectivity index (χ2v) is 5.82. The van der Waals surface area contributed by atoms with E-state index < -0.39 is 0 Å². The summed E-state index contributed by atoms with van der Waals surface area (Å²) in [4.78, 5) is 12.0. The van der Waals surface area contributed by atoms with Crippen LogP contribution in [-0.4, -0.2) is 5.78 Å². The molecule has 116 valence electrons. The Morgan fingerprint density at radius 2 is 1.70 bits per heavy atom. The van der Waals surface area contributed by atoms with Crippen LogP contribution in [0.4, 0.5) is 5.69 Å². The number of hydrogen-bond donors (Lipinski definition) is 2. The van der Waals surface area contributed by atoms with Gasteiger partial charge in [-0.1, -0.05) is 43.0 Å². The maximum atomic E-state index is 12.0. The van der Waals surface area contributed by atoms with Gasteiger partial charge in [0.1, 0.15) is 5.70 Å². The average Bonchev–Trinajstić information content (AvgIpc) is 2.57. The minimum Gasteiger partial charge on any atom is -0.376 e. The van der Waals surface area contributed by atoms with Gasteiger partial charge in [0.2, 0.25) is 5.78 Å². The van der Waals surface area contributed by atoms with Gasteiger partial charge in [-0.05, 0) is 42.7 Å². The summed E-state index contributed by atoms with van der Waals surface area (Å²) < 4.78 is 0. The zero-order chi connectivity index (χ0) is 16.4. The van der Waals surface area contributed by atoms with Crippen molar-refractivity contribution in [1.82, 2.24) is 5.32 Å². The molecule has 0 radical (unpaired) electrons. The molecule has 3 heteroatoms. The zero-order valence-electron chi connectivity index (χ0n) is 13.4. The number of nitrogens with one attached hydrogen (secondary N) is 2. The van der Waals surface area contributed by atoms with E-state index in [1.807, 2.05) is 30.3 Å². The molecule has 1 aliphatic rings. The molecule has 0 heterocycles. The quantitative estimate of drug-likeness (QED) is 0.824. The minimum absolute atomic E-state index is 0.0211. The van der Waals surface area contributed by atoms with Crippen LogP contribution in [0.1, 0.15) is 16.7 Å². The topological polar surface area (TPSA) is 41.1 Å². The van der Waals surface area contributed by atoms with Gasteiger partial charge in [-0.3, -0.25) is 4.79 Å². The van der Waals surface area contributed by atoms with E-state index in [0.29, 0.717) is 17.8 Å². The molecule has 0 spiro atoms. The number of rotatable bonds is 5. The number of allylic oxidation sites excluding steroid dienone is 2. The lowest BCUT2D eigenvalue weighted by molar-refractivity contribution is -0.113. The van der Waals surface area contributed by atoms with Crippen LogP contribution in [0.5, 0.6) is 0 Å². The Labute approximate surface area is 136 Å². The van der Waals surface area contributed by atoms with Gasteiger partial charge in [0, 0.05) is 17.8 Å². The van der Waals surface area contributed by atoms with Gasteiger partial charge in [0.15, 0.2) is 0 Å². The van der Waals surface area contributed by atoms with Gasteiger partial charge < -0.3 is 10.6 Å². The average molecular weight is 304 g/mol. The molecule has 0 atom stereocenters. The molecule has 3 nitrogen and oxygen atoms in total. The fraction of sp³-hybridized carbons (Fsp3) is 0.150. The van der Waals surface area contributed by atoms with Crippen molar-refractivity contribution in [2.45, 2.75) is 20.4 Å². The van der Waals surface area contributed by atoms with Crippen molar-refractivity contribution in [1.29, 1.82) is 0 Å². The molecular formula is C20H20N2O. The van der Waals surface area contributed by atoms with Crippen LogP contribution in [0.15, 0.2) is 72.1 Å². The van der Waals surface area contributed by atoms with Gasteiger partial charge in [-0.15, -0.1) is 0 Å². The third-order valence-corrected chi connectivity index (χ3v) is 4.14. The first-order valence-electron chi connectivity index (χ1n) is 7.66. The van der Waals surface area contributed by atoms with E-state index >= 15 is 0 Å². The van der Waals surface area contributed by atoms with Crippen LogP contribution < -0.4 is 10.6 Å². The van der Waals surface area contributed by atoms with Crippen molar-refractivity contribution in [2.75, 3.05) is 5.32 Å². The molecule has 0 aromatic heterocycles. The lowest BCUT2D eigenvalue weighted by Gasteiger charge is -2.27. The molecule has 2 aromatic carbocycles. The molecule has 0 saturated heterocycles. The van der Waals surface area contributed by atoms with Crippen LogP contribution >= 0.6 is 0 Å². The Morgan fingerprint density at radius 1 is 0.957 bits per heavy atom. The second kappa shape index (κ2) is 6.13. The van der Waals surface area contributed by atoms with E-state index in [-0.39, 0.29) is 5.78 Å². The van der Waals surface area contributed by atoms with E-state index in [9.17, 15) is 4.79 Å². The van der Waals surface area contributed by atoms with Crippen LogP contribution in [-0.2, 0) is 11.3 Å². The summed E-state index contributed by atoms with van der Waals surface area (Å²) >= 11 is 0. The van der Waals surface area contributed by atoms with Crippen LogP contribution in [0.2, 0.25) is 0 Å². The number of para-hydroxylation sites is 1. The number of carbonyl (C=O) groups is 1. The third kappa shape index (κ3) is 3.04. The van der Waals surface area contributed by atoms with E-state index in [4.69, 9.17) is 0 Å². The molecule has 2 N–H and O–H groups in total. The smallest absolute Gasteiger partial charge is 0.212 e. The van der Waals surface area contributed by atoms with Crippen molar-refractivity contribution in [3.8, 4) is 0 Å². The number of aryl methyl sites for hydroxylation is 2. The Morgan fingerprint density at radius 3 is 2.39 bits per heavy atom. The zero-order valence-corrected chi connectivity index (χ0v) is 13.4. The molecule has 3 rings (SSSR count). The summed E-state index contributed by atoms with van der Waals surface area (Å²) in [5.74, 6) is -0.0211. The fourth-order valence-electron chi connectivity index (χ4n) is 2.54.